The first kappa shape index (κ1) is 21.7. The van der Waals surface area contributed by atoms with Crippen LogP contribution in [0.3, 0.4) is 0 Å². The molecule has 0 unspecified atom stereocenters. The van der Waals surface area contributed by atoms with E-state index >= 15 is 0 Å². The molecule has 30 heavy (non-hydrogen) atoms. The molecule has 0 bridgehead atoms. The molecule has 0 spiro atoms. The molecular formula is C22H34N4O3S. The minimum atomic E-state index is -3.52. The summed E-state index contributed by atoms with van der Waals surface area (Å²) in [5.74, 6) is -0.0508. The van der Waals surface area contributed by atoms with Gasteiger partial charge in [-0.3, -0.25) is 9.69 Å². The Bertz CT molecular complexity index is 853. The molecule has 1 aromatic carbocycles. The van der Waals surface area contributed by atoms with Gasteiger partial charge < -0.3 is 9.80 Å². The highest BCUT2D eigenvalue weighted by Crippen LogP contribution is 2.24. The van der Waals surface area contributed by atoms with E-state index < -0.39 is 10.0 Å². The maximum Gasteiger partial charge on any atom is 0.254 e. The van der Waals surface area contributed by atoms with Gasteiger partial charge in [0, 0.05) is 57.9 Å². The molecule has 1 aromatic rings. The summed E-state index contributed by atoms with van der Waals surface area (Å²) in [5.41, 5.74) is 1.35. The third kappa shape index (κ3) is 4.72. The summed E-state index contributed by atoms with van der Waals surface area (Å²) in [5, 5.41) is 0. The van der Waals surface area contributed by atoms with Crippen LogP contribution < -0.4 is 0 Å². The minimum absolute atomic E-state index is 0.0508. The Morgan fingerprint density at radius 3 is 2.03 bits per heavy atom. The molecular weight excluding hydrogens is 400 g/mol. The van der Waals surface area contributed by atoms with Crippen LogP contribution in [-0.2, 0) is 10.0 Å². The zero-order valence-corrected chi connectivity index (χ0v) is 18.9. The largest absolute Gasteiger partial charge is 0.336 e. The van der Waals surface area contributed by atoms with Crippen molar-refractivity contribution in [2.24, 2.45) is 0 Å². The van der Waals surface area contributed by atoms with Crippen LogP contribution in [0.4, 0.5) is 0 Å². The molecule has 166 valence electrons. The number of piperazine rings is 1. The zero-order chi connectivity index (χ0) is 21.1. The molecule has 1 amide bonds. The van der Waals surface area contributed by atoms with Crippen molar-refractivity contribution < 1.29 is 13.2 Å². The number of nitrogens with zero attached hydrogens (tertiary/aromatic N) is 4. The summed E-state index contributed by atoms with van der Waals surface area (Å²) < 4.78 is 27.4. The Kier molecular flexibility index (Phi) is 6.77. The Labute approximate surface area is 180 Å². The lowest BCUT2D eigenvalue weighted by Gasteiger charge is -2.35. The number of benzene rings is 1. The summed E-state index contributed by atoms with van der Waals surface area (Å²) in [7, 11) is -3.52. The lowest BCUT2D eigenvalue weighted by atomic mass is 10.1. The van der Waals surface area contributed by atoms with Gasteiger partial charge in [0.2, 0.25) is 10.0 Å². The first-order valence-electron chi connectivity index (χ1n) is 11.3. The van der Waals surface area contributed by atoms with Gasteiger partial charge in [0.15, 0.2) is 0 Å². The minimum Gasteiger partial charge on any atom is -0.336 e. The first-order valence-corrected chi connectivity index (χ1v) is 12.7. The van der Waals surface area contributed by atoms with Gasteiger partial charge in [0.25, 0.3) is 5.91 Å². The van der Waals surface area contributed by atoms with Crippen LogP contribution in [0.2, 0.25) is 0 Å². The van der Waals surface area contributed by atoms with Gasteiger partial charge in [-0.25, -0.2) is 8.42 Å². The number of likely N-dealkylation sites (tertiary alicyclic amines) is 1. The van der Waals surface area contributed by atoms with Crippen molar-refractivity contribution >= 4 is 15.9 Å². The van der Waals surface area contributed by atoms with Gasteiger partial charge in [0.05, 0.1) is 4.90 Å². The Morgan fingerprint density at radius 2 is 1.40 bits per heavy atom. The average Bonchev–Trinajstić information content (AvgIpc) is 3.47. The highest BCUT2D eigenvalue weighted by Gasteiger charge is 2.29. The van der Waals surface area contributed by atoms with Gasteiger partial charge in [-0.1, -0.05) is 6.07 Å². The molecule has 0 atom stereocenters. The van der Waals surface area contributed by atoms with Crippen molar-refractivity contribution in [3.8, 4) is 0 Å². The van der Waals surface area contributed by atoms with Gasteiger partial charge in [-0.05, 0) is 63.4 Å². The molecule has 0 aromatic heterocycles. The number of hydrogen-bond acceptors (Lipinski definition) is 5. The summed E-state index contributed by atoms with van der Waals surface area (Å²) in [6.07, 6.45) is 4.43. The maximum absolute atomic E-state index is 13.2. The van der Waals surface area contributed by atoms with E-state index in [1.165, 1.54) is 30.2 Å². The molecule has 4 rings (SSSR count). The predicted octanol–water partition coefficient (Wildman–Crippen LogP) is 1.63. The number of carbonyl (C=O) groups is 1. The van der Waals surface area contributed by atoms with E-state index in [1.807, 2.05) is 11.8 Å². The fourth-order valence-electron chi connectivity index (χ4n) is 4.70. The molecule has 3 fully saturated rings. The SMILES string of the molecule is Cc1ccc(S(=O)(=O)N2CCCC2)cc1C(=O)N1CCN(CCN2CCCC2)CC1. The molecule has 3 aliphatic rings. The number of rotatable bonds is 6. The van der Waals surface area contributed by atoms with E-state index in [0.717, 1.165) is 44.6 Å². The summed E-state index contributed by atoms with van der Waals surface area (Å²) in [4.78, 5) is 20.3. The second-order valence-corrected chi connectivity index (χ2v) is 10.7. The molecule has 3 saturated heterocycles. The average molecular weight is 435 g/mol. The van der Waals surface area contributed by atoms with Crippen LogP contribution >= 0.6 is 0 Å². The Morgan fingerprint density at radius 1 is 0.833 bits per heavy atom. The van der Waals surface area contributed by atoms with Crippen LogP contribution in [0.25, 0.3) is 0 Å². The smallest absolute Gasteiger partial charge is 0.254 e. The van der Waals surface area contributed by atoms with Crippen LogP contribution in [0.15, 0.2) is 23.1 Å². The van der Waals surface area contributed by atoms with Crippen molar-refractivity contribution in [3.63, 3.8) is 0 Å². The van der Waals surface area contributed by atoms with Gasteiger partial charge in [-0.15, -0.1) is 0 Å². The molecule has 7 nitrogen and oxygen atoms in total. The van der Waals surface area contributed by atoms with Gasteiger partial charge in [0.1, 0.15) is 0 Å². The highest BCUT2D eigenvalue weighted by atomic mass is 32.2. The third-order valence-corrected chi connectivity index (χ3v) is 8.63. The number of aryl methyl sites for hydroxylation is 1. The summed E-state index contributed by atoms with van der Waals surface area (Å²) in [6.45, 7) is 10.8. The first-order chi connectivity index (χ1) is 14.4. The van der Waals surface area contributed by atoms with E-state index in [9.17, 15) is 13.2 Å². The number of sulfonamides is 1. The van der Waals surface area contributed by atoms with E-state index in [-0.39, 0.29) is 10.8 Å². The second kappa shape index (κ2) is 9.34. The van der Waals surface area contributed by atoms with Crippen molar-refractivity contribution in [1.29, 1.82) is 0 Å². The van der Waals surface area contributed by atoms with E-state index in [0.29, 0.717) is 31.7 Å². The fraction of sp³-hybridized carbons (Fsp3) is 0.682. The Balaban J connectivity index is 1.38. The quantitative estimate of drug-likeness (QED) is 0.681. The van der Waals surface area contributed by atoms with Crippen LogP contribution in [0.1, 0.15) is 41.6 Å². The third-order valence-electron chi connectivity index (χ3n) is 6.73. The normalized spacial score (nSPS) is 22.1. The summed E-state index contributed by atoms with van der Waals surface area (Å²) >= 11 is 0. The monoisotopic (exact) mass is 434 g/mol. The van der Waals surface area contributed by atoms with E-state index in [1.54, 1.807) is 18.2 Å². The fourth-order valence-corrected chi connectivity index (χ4v) is 6.25. The number of carbonyl (C=O) groups excluding carboxylic acids is 1. The highest BCUT2D eigenvalue weighted by molar-refractivity contribution is 7.89. The van der Waals surface area contributed by atoms with Crippen LogP contribution in [0.5, 0.6) is 0 Å². The molecule has 0 radical (unpaired) electrons. The van der Waals surface area contributed by atoms with Gasteiger partial charge >= 0.3 is 0 Å². The predicted molar refractivity (Wildman–Crippen MR) is 117 cm³/mol. The Hall–Kier alpha value is -1.48. The topological polar surface area (TPSA) is 64.2 Å². The zero-order valence-electron chi connectivity index (χ0n) is 18.1. The van der Waals surface area contributed by atoms with Crippen molar-refractivity contribution in [2.75, 3.05) is 65.4 Å². The van der Waals surface area contributed by atoms with Crippen molar-refractivity contribution in [2.45, 2.75) is 37.5 Å². The molecule has 0 saturated carbocycles. The van der Waals surface area contributed by atoms with Crippen molar-refractivity contribution in [3.05, 3.63) is 29.3 Å². The number of hydrogen-bond donors (Lipinski definition) is 0. The summed E-state index contributed by atoms with van der Waals surface area (Å²) in [6, 6.07) is 4.99. The van der Waals surface area contributed by atoms with Crippen LogP contribution in [-0.4, -0.2) is 98.8 Å². The molecule has 3 aliphatic heterocycles. The van der Waals surface area contributed by atoms with Crippen LogP contribution in [0, 0.1) is 6.92 Å². The lowest BCUT2D eigenvalue weighted by molar-refractivity contribution is 0.0625. The second-order valence-electron chi connectivity index (χ2n) is 8.77. The lowest BCUT2D eigenvalue weighted by Crippen LogP contribution is -2.50. The van der Waals surface area contributed by atoms with E-state index in [2.05, 4.69) is 9.80 Å². The van der Waals surface area contributed by atoms with Crippen molar-refractivity contribution in [1.82, 2.24) is 19.0 Å². The molecule has 3 heterocycles. The standard InChI is InChI=1S/C22H34N4O3S/c1-19-6-7-20(30(28,29)26-10-4-5-11-26)18-21(19)22(27)25-16-14-24(15-17-25)13-12-23-8-2-3-9-23/h6-7,18H,2-5,8-17H2,1H3. The molecule has 0 aliphatic carbocycles. The molecule has 8 heteroatoms. The van der Waals surface area contributed by atoms with Gasteiger partial charge in [-0.2, -0.15) is 4.31 Å². The van der Waals surface area contributed by atoms with E-state index in [4.69, 9.17) is 0 Å². The maximum atomic E-state index is 13.2. The molecule has 0 N–H and O–H groups in total. The number of amides is 1.